The Kier molecular flexibility index (Phi) is 6.99. The number of hydrogen-bond donors (Lipinski definition) is 1. The molecule has 0 fully saturated rings. The maximum absolute atomic E-state index is 11.5. The normalized spacial score (nSPS) is 10.7. The molecule has 1 aromatic carbocycles. The van der Waals surface area contributed by atoms with Gasteiger partial charge in [-0.05, 0) is 37.1 Å². The van der Waals surface area contributed by atoms with Crippen LogP contribution >= 0.6 is 0 Å². The number of nitrogens with one attached hydrogen (secondary N) is 1. The van der Waals surface area contributed by atoms with Crippen LogP contribution in [0.25, 0.3) is 6.08 Å². The van der Waals surface area contributed by atoms with Gasteiger partial charge < -0.3 is 10.1 Å². The second kappa shape index (κ2) is 8.82. The summed E-state index contributed by atoms with van der Waals surface area (Å²) in [6.45, 7) is 3.78. The number of nitro benzene ring substituents is 1. The van der Waals surface area contributed by atoms with E-state index in [9.17, 15) is 14.9 Å². The van der Waals surface area contributed by atoms with E-state index in [1.165, 1.54) is 18.2 Å². The molecule has 20 heavy (non-hydrogen) atoms. The van der Waals surface area contributed by atoms with Crippen LogP contribution in [0.1, 0.15) is 18.9 Å². The Morgan fingerprint density at radius 3 is 2.70 bits per heavy atom. The molecule has 0 heterocycles. The van der Waals surface area contributed by atoms with E-state index in [0.717, 1.165) is 12.0 Å². The Bertz CT molecular complexity index is 469. The topological polar surface area (TPSA) is 81.5 Å². The summed E-state index contributed by atoms with van der Waals surface area (Å²) < 4.78 is 5.15. The molecule has 0 atom stereocenters. The Labute approximate surface area is 117 Å². The average Bonchev–Trinajstić information content (AvgIpc) is 2.45. The molecule has 0 unspecified atom stereocenters. The van der Waals surface area contributed by atoms with E-state index in [1.54, 1.807) is 18.2 Å². The van der Waals surface area contributed by atoms with Gasteiger partial charge in [0.25, 0.3) is 5.69 Å². The van der Waals surface area contributed by atoms with Gasteiger partial charge in [0, 0.05) is 38.0 Å². The molecule has 6 heteroatoms. The Hall–Kier alpha value is -2.21. The standard InChI is InChI=1S/C14H18N2O4/c1-2-20-11-3-10-15-14(17)9-6-12-4-7-13(8-5-12)16(18)19/h4-9H,2-3,10-11H2,1H3,(H,15,17). The third-order valence-corrected chi connectivity index (χ3v) is 2.50. The summed E-state index contributed by atoms with van der Waals surface area (Å²) >= 11 is 0. The highest BCUT2D eigenvalue weighted by molar-refractivity contribution is 5.91. The van der Waals surface area contributed by atoms with Gasteiger partial charge in [-0.2, -0.15) is 0 Å². The zero-order valence-electron chi connectivity index (χ0n) is 11.4. The minimum atomic E-state index is -0.460. The summed E-state index contributed by atoms with van der Waals surface area (Å²) in [5.41, 5.74) is 0.766. The van der Waals surface area contributed by atoms with Crippen LogP contribution in [0.3, 0.4) is 0 Å². The first-order chi connectivity index (χ1) is 9.63. The number of non-ortho nitro benzene ring substituents is 1. The smallest absolute Gasteiger partial charge is 0.269 e. The molecule has 0 aromatic heterocycles. The molecule has 108 valence electrons. The molecule has 0 radical (unpaired) electrons. The zero-order chi connectivity index (χ0) is 14.8. The van der Waals surface area contributed by atoms with Gasteiger partial charge in [-0.25, -0.2) is 0 Å². The average molecular weight is 278 g/mol. The van der Waals surface area contributed by atoms with E-state index in [2.05, 4.69) is 5.32 Å². The van der Waals surface area contributed by atoms with E-state index in [4.69, 9.17) is 4.74 Å². The van der Waals surface area contributed by atoms with Crippen molar-refractivity contribution in [2.75, 3.05) is 19.8 Å². The van der Waals surface area contributed by atoms with Gasteiger partial charge >= 0.3 is 0 Å². The van der Waals surface area contributed by atoms with Crippen molar-refractivity contribution in [2.45, 2.75) is 13.3 Å². The van der Waals surface area contributed by atoms with Crippen molar-refractivity contribution in [3.05, 3.63) is 46.0 Å². The van der Waals surface area contributed by atoms with Crippen molar-refractivity contribution < 1.29 is 14.5 Å². The largest absolute Gasteiger partial charge is 0.382 e. The number of benzene rings is 1. The molecule has 1 N–H and O–H groups in total. The van der Waals surface area contributed by atoms with E-state index in [-0.39, 0.29) is 11.6 Å². The molecule has 0 bridgehead atoms. The molecule has 1 amide bonds. The van der Waals surface area contributed by atoms with Crippen molar-refractivity contribution in [1.82, 2.24) is 5.32 Å². The van der Waals surface area contributed by atoms with Crippen molar-refractivity contribution >= 4 is 17.7 Å². The van der Waals surface area contributed by atoms with E-state index < -0.39 is 4.92 Å². The number of rotatable bonds is 8. The van der Waals surface area contributed by atoms with Crippen LogP contribution in [-0.4, -0.2) is 30.6 Å². The third kappa shape index (κ3) is 6.10. The molecule has 0 aliphatic carbocycles. The first-order valence-corrected chi connectivity index (χ1v) is 6.41. The number of amides is 1. The van der Waals surface area contributed by atoms with Crippen LogP contribution < -0.4 is 5.32 Å². The highest BCUT2D eigenvalue weighted by atomic mass is 16.6. The molecule has 0 saturated heterocycles. The Morgan fingerprint density at radius 1 is 1.40 bits per heavy atom. The minimum absolute atomic E-state index is 0.0301. The summed E-state index contributed by atoms with van der Waals surface area (Å²) in [5.74, 6) is -0.195. The number of nitro groups is 1. The van der Waals surface area contributed by atoms with Gasteiger partial charge in [-0.3, -0.25) is 14.9 Å². The van der Waals surface area contributed by atoms with Crippen molar-refractivity contribution in [3.8, 4) is 0 Å². The lowest BCUT2D eigenvalue weighted by atomic mass is 10.2. The molecule has 6 nitrogen and oxygen atoms in total. The predicted octanol–water partition coefficient (Wildman–Crippen LogP) is 2.15. The maximum Gasteiger partial charge on any atom is 0.269 e. The molecule has 1 rings (SSSR count). The molecular formula is C14H18N2O4. The van der Waals surface area contributed by atoms with Gasteiger partial charge in [0.15, 0.2) is 0 Å². The highest BCUT2D eigenvalue weighted by Crippen LogP contribution is 2.12. The quantitative estimate of drug-likeness (QED) is 0.342. The molecule has 0 aliphatic heterocycles. The van der Waals surface area contributed by atoms with Crippen LogP contribution in [0, 0.1) is 10.1 Å². The van der Waals surface area contributed by atoms with Crippen LogP contribution in [0.2, 0.25) is 0 Å². The molecule has 0 aliphatic rings. The summed E-state index contributed by atoms with van der Waals surface area (Å²) in [6, 6.07) is 5.99. The fraction of sp³-hybridized carbons (Fsp3) is 0.357. The monoisotopic (exact) mass is 278 g/mol. The number of ether oxygens (including phenoxy) is 1. The minimum Gasteiger partial charge on any atom is -0.382 e. The third-order valence-electron chi connectivity index (χ3n) is 2.50. The van der Waals surface area contributed by atoms with Gasteiger partial charge in [0.2, 0.25) is 5.91 Å². The number of carbonyl (C=O) groups is 1. The van der Waals surface area contributed by atoms with Gasteiger partial charge in [-0.1, -0.05) is 0 Å². The van der Waals surface area contributed by atoms with Crippen molar-refractivity contribution in [2.24, 2.45) is 0 Å². The second-order valence-corrected chi connectivity index (χ2v) is 4.02. The lowest BCUT2D eigenvalue weighted by molar-refractivity contribution is -0.384. The van der Waals surface area contributed by atoms with Crippen LogP contribution in [0.15, 0.2) is 30.3 Å². The molecular weight excluding hydrogens is 260 g/mol. The van der Waals surface area contributed by atoms with E-state index in [1.807, 2.05) is 6.92 Å². The SMILES string of the molecule is CCOCCCNC(=O)C=Cc1ccc([N+](=O)[O-])cc1. The molecule has 0 spiro atoms. The summed E-state index contributed by atoms with van der Waals surface area (Å²) in [4.78, 5) is 21.5. The molecule has 1 aromatic rings. The number of hydrogen-bond acceptors (Lipinski definition) is 4. The Balaban J connectivity index is 2.35. The van der Waals surface area contributed by atoms with Crippen molar-refractivity contribution in [3.63, 3.8) is 0 Å². The maximum atomic E-state index is 11.5. The lowest BCUT2D eigenvalue weighted by Gasteiger charge is -2.02. The van der Waals surface area contributed by atoms with E-state index >= 15 is 0 Å². The van der Waals surface area contributed by atoms with Crippen molar-refractivity contribution in [1.29, 1.82) is 0 Å². The van der Waals surface area contributed by atoms with Crippen LogP contribution in [0.5, 0.6) is 0 Å². The lowest BCUT2D eigenvalue weighted by Crippen LogP contribution is -2.23. The fourth-order valence-electron chi connectivity index (χ4n) is 1.47. The molecule has 0 saturated carbocycles. The van der Waals surface area contributed by atoms with Gasteiger partial charge in [-0.15, -0.1) is 0 Å². The fourth-order valence-corrected chi connectivity index (χ4v) is 1.47. The number of carbonyl (C=O) groups excluding carboxylic acids is 1. The van der Waals surface area contributed by atoms with Crippen LogP contribution in [0.4, 0.5) is 5.69 Å². The second-order valence-electron chi connectivity index (χ2n) is 4.02. The summed E-state index contributed by atoms with van der Waals surface area (Å²) in [6.07, 6.45) is 3.79. The van der Waals surface area contributed by atoms with Crippen LogP contribution in [-0.2, 0) is 9.53 Å². The summed E-state index contributed by atoms with van der Waals surface area (Å²) in [7, 11) is 0. The highest BCUT2D eigenvalue weighted by Gasteiger charge is 2.02. The van der Waals surface area contributed by atoms with E-state index in [0.29, 0.717) is 19.8 Å². The van der Waals surface area contributed by atoms with Gasteiger partial charge in [0.1, 0.15) is 0 Å². The number of nitrogens with zero attached hydrogens (tertiary/aromatic N) is 1. The Morgan fingerprint density at radius 2 is 2.10 bits per heavy atom. The zero-order valence-corrected chi connectivity index (χ0v) is 11.4. The van der Waals surface area contributed by atoms with Gasteiger partial charge in [0.05, 0.1) is 4.92 Å². The predicted molar refractivity (Wildman–Crippen MR) is 76.3 cm³/mol. The summed E-state index contributed by atoms with van der Waals surface area (Å²) in [5, 5.41) is 13.2. The first-order valence-electron chi connectivity index (χ1n) is 6.41. The first kappa shape index (κ1) is 15.8.